The Morgan fingerprint density at radius 1 is 1.53 bits per heavy atom. The Morgan fingerprint density at radius 2 is 2.35 bits per heavy atom. The average Bonchev–Trinajstić information content (AvgIpc) is 2.79. The normalized spacial score (nSPS) is 10.5. The number of benzene rings is 1. The molecule has 0 bridgehead atoms. The van der Waals surface area contributed by atoms with E-state index < -0.39 is 0 Å². The van der Waals surface area contributed by atoms with Crippen molar-refractivity contribution >= 4 is 39.2 Å². The van der Waals surface area contributed by atoms with E-state index in [1.165, 1.54) is 0 Å². The molecule has 1 heterocycles. The van der Waals surface area contributed by atoms with Gasteiger partial charge in [-0.15, -0.1) is 11.8 Å². The molecule has 3 nitrogen and oxygen atoms in total. The van der Waals surface area contributed by atoms with Crippen LogP contribution in [0.25, 0.3) is 10.9 Å². The molecule has 0 aliphatic heterocycles. The van der Waals surface area contributed by atoms with Gasteiger partial charge in [-0.2, -0.15) is 0 Å². The van der Waals surface area contributed by atoms with Crippen LogP contribution in [0, 0.1) is 0 Å². The number of methoxy groups -OCH3 is 1. The molecule has 0 aliphatic carbocycles. The van der Waals surface area contributed by atoms with E-state index in [9.17, 15) is 0 Å². The van der Waals surface area contributed by atoms with E-state index in [1.54, 1.807) is 18.9 Å². The van der Waals surface area contributed by atoms with Crippen molar-refractivity contribution in [3.05, 3.63) is 30.0 Å². The number of H-pyrrole nitrogens is 1. The summed E-state index contributed by atoms with van der Waals surface area (Å²) >= 11 is 6.66. The van der Waals surface area contributed by atoms with E-state index in [-0.39, 0.29) is 0 Å². The van der Waals surface area contributed by atoms with Gasteiger partial charge >= 0.3 is 0 Å². The number of ether oxygens (including phenoxy) is 1. The summed E-state index contributed by atoms with van der Waals surface area (Å²) < 4.78 is 6.17. The number of nitrogens with one attached hydrogen (secondary N) is 2. The molecule has 2 rings (SSSR count). The number of thioether (sulfide) groups is 1. The zero-order valence-corrected chi connectivity index (χ0v) is 11.4. The number of fused-ring (bicyclic) bond motifs is 1. The Balaban J connectivity index is 2.31. The minimum Gasteiger partial charge on any atom is -0.496 e. The fraction of sp³-hybridized carbons (Fsp3) is 0.250. The Hall–Kier alpha value is -1.20. The Kier molecular flexibility index (Phi) is 3.91. The van der Waals surface area contributed by atoms with Crippen LogP contribution >= 0.6 is 24.0 Å². The molecule has 0 aliphatic rings. The number of aromatic nitrogens is 1. The molecule has 0 atom stereocenters. The fourth-order valence-corrected chi connectivity index (χ4v) is 2.06. The van der Waals surface area contributed by atoms with E-state index in [0.29, 0.717) is 6.54 Å². The summed E-state index contributed by atoms with van der Waals surface area (Å²) in [4.78, 5) is 3.23. The van der Waals surface area contributed by atoms with Crippen molar-refractivity contribution in [1.29, 1.82) is 0 Å². The smallest absolute Gasteiger partial charge is 0.133 e. The number of aromatic amines is 1. The molecule has 0 fully saturated rings. The zero-order valence-electron chi connectivity index (χ0n) is 9.74. The molecule has 17 heavy (non-hydrogen) atoms. The molecule has 5 heteroatoms. The first-order valence-corrected chi connectivity index (χ1v) is 6.84. The average molecular weight is 266 g/mol. The quantitative estimate of drug-likeness (QED) is 0.838. The lowest BCUT2D eigenvalue weighted by Gasteiger charge is -2.06. The predicted octanol–water partition coefficient (Wildman–Crippen LogP) is 2.91. The molecule has 0 unspecified atom stereocenters. The van der Waals surface area contributed by atoms with Crippen LogP contribution in [-0.4, -0.2) is 22.7 Å². The van der Waals surface area contributed by atoms with E-state index in [1.807, 2.05) is 30.7 Å². The van der Waals surface area contributed by atoms with Gasteiger partial charge in [-0.25, -0.2) is 0 Å². The van der Waals surface area contributed by atoms with Gasteiger partial charge in [-0.3, -0.25) is 0 Å². The monoisotopic (exact) mass is 266 g/mol. The minimum atomic E-state index is 0.708. The third kappa shape index (κ3) is 2.56. The SMILES string of the molecule is COc1cccc2[nH]cc(CNC(=S)SC)c12. The second kappa shape index (κ2) is 5.42. The first-order chi connectivity index (χ1) is 8.26. The largest absolute Gasteiger partial charge is 0.496 e. The van der Waals surface area contributed by atoms with Gasteiger partial charge < -0.3 is 15.0 Å². The number of thiocarbonyl (C=S) groups is 1. The van der Waals surface area contributed by atoms with Crippen molar-refractivity contribution in [3.8, 4) is 5.75 Å². The molecule has 0 amide bonds. The minimum absolute atomic E-state index is 0.708. The van der Waals surface area contributed by atoms with Gasteiger partial charge in [0.25, 0.3) is 0 Å². The second-order valence-electron chi connectivity index (χ2n) is 3.54. The van der Waals surface area contributed by atoms with Crippen LogP contribution in [0.2, 0.25) is 0 Å². The maximum absolute atomic E-state index is 5.37. The van der Waals surface area contributed by atoms with E-state index >= 15 is 0 Å². The molecule has 2 N–H and O–H groups in total. The highest BCUT2D eigenvalue weighted by Crippen LogP contribution is 2.28. The summed E-state index contributed by atoms with van der Waals surface area (Å²) in [6, 6.07) is 5.97. The maximum atomic E-state index is 5.37. The summed E-state index contributed by atoms with van der Waals surface area (Å²) in [7, 11) is 1.69. The molecule has 0 saturated carbocycles. The highest BCUT2D eigenvalue weighted by atomic mass is 32.2. The van der Waals surface area contributed by atoms with E-state index in [4.69, 9.17) is 17.0 Å². The standard InChI is InChI=1S/C12H14N2OS2/c1-15-10-5-3-4-9-11(10)8(6-13-9)7-14-12(16)17-2/h3-6,13H,7H2,1-2H3,(H,14,16). The third-order valence-corrected chi connectivity index (χ3v) is 3.74. The molecule has 2 aromatic rings. The molecular formula is C12H14N2OS2. The van der Waals surface area contributed by atoms with Crippen molar-refractivity contribution in [2.24, 2.45) is 0 Å². The number of rotatable bonds is 3. The van der Waals surface area contributed by atoms with Gasteiger partial charge in [0.2, 0.25) is 0 Å². The van der Waals surface area contributed by atoms with Gasteiger partial charge in [0.15, 0.2) is 0 Å². The summed E-state index contributed by atoms with van der Waals surface area (Å²) in [6.45, 7) is 0.708. The first kappa shape index (κ1) is 12.3. The van der Waals surface area contributed by atoms with Crippen LogP contribution < -0.4 is 10.1 Å². The van der Waals surface area contributed by atoms with Crippen LogP contribution in [0.15, 0.2) is 24.4 Å². The first-order valence-electron chi connectivity index (χ1n) is 5.21. The Bertz CT molecular complexity index is 536. The molecule has 1 aromatic heterocycles. The van der Waals surface area contributed by atoms with Crippen molar-refractivity contribution in [1.82, 2.24) is 10.3 Å². The number of hydrogen-bond acceptors (Lipinski definition) is 3. The van der Waals surface area contributed by atoms with Crippen LogP contribution in [0.5, 0.6) is 5.75 Å². The summed E-state index contributed by atoms with van der Waals surface area (Å²) in [5.41, 5.74) is 2.24. The molecule has 1 aromatic carbocycles. The van der Waals surface area contributed by atoms with Gasteiger partial charge in [-0.05, 0) is 18.4 Å². The third-order valence-electron chi connectivity index (χ3n) is 2.58. The molecule has 0 radical (unpaired) electrons. The van der Waals surface area contributed by atoms with Gasteiger partial charge in [0.1, 0.15) is 10.1 Å². The second-order valence-corrected chi connectivity index (χ2v) is 5.03. The zero-order chi connectivity index (χ0) is 12.3. The van der Waals surface area contributed by atoms with Crippen molar-refractivity contribution in [2.45, 2.75) is 6.54 Å². The topological polar surface area (TPSA) is 37.0 Å². The van der Waals surface area contributed by atoms with Crippen molar-refractivity contribution in [2.75, 3.05) is 13.4 Å². The summed E-state index contributed by atoms with van der Waals surface area (Å²) in [5, 5.41) is 4.31. The Labute approximate surface area is 110 Å². The summed E-state index contributed by atoms with van der Waals surface area (Å²) in [6.07, 6.45) is 3.95. The van der Waals surface area contributed by atoms with E-state index in [0.717, 1.165) is 26.5 Å². The van der Waals surface area contributed by atoms with Crippen LogP contribution in [0.4, 0.5) is 0 Å². The lowest BCUT2D eigenvalue weighted by molar-refractivity contribution is 0.419. The van der Waals surface area contributed by atoms with Gasteiger partial charge in [0, 0.05) is 29.2 Å². The Morgan fingerprint density at radius 3 is 3.06 bits per heavy atom. The van der Waals surface area contributed by atoms with Gasteiger partial charge in [-0.1, -0.05) is 18.3 Å². The predicted molar refractivity (Wildman–Crippen MR) is 77.8 cm³/mol. The highest BCUT2D eigenvalue weighted by Gasteiger charge is 2.08. The molecular weight excluding hydrogens is 252 g/mol. The van der Waals surface area contributed by atoms with Crippen molar-refractivity contribution < 1.29 is 4.74 Å². The summed E-state index contributed by atoms with van der Waals surface area (Å²) in [5.74, 6) is 0.885. The van der Waals surface area contributed by atoms with Crippen LogP contribution in [0.1, 0.15) is 5.56 Å². The van der Waals surface area contributed by atoms with Crippen molar-refractivity contribution in [3.63, 3.8) is 0 Å². The van der Waals surface area contributed by atoms with Gasteiger partial charge in [0.05, 0.1) is 7.11 Å². The molecule has 90 valence electrons. The lowest BCUT2D eigenvalue weighted by Crippen LogP contribution is -2.16. The lowest BCUT2D eigenvalue weighted by atomic mass is 10.1. The number of hydrogen-bond donors (Lipinski definition) is 2. The van der Waals surface area contributed by atoms with Crippen LogP contribution in [0.3, 0.4) is 0 Å². The van der Waals surface area contributed by atoms with E-state index in [2.05, 4.69) is 10.3 Å². The molecule has 0 saturated heterocycles. The fourth-order valence-electron chi connectivity index (χ4n) is 1.77. The van der Waals surface area contributed by atoms with Crippen LogP contribution in [-0.2, 0) is 6.54 Å². The highest BCUT2D eigenvalue weighted by molar-refractivity contribution is 8.22. The molecule has 0 spiro atoms. The maximum Gasteiger partial charge on any atom is 0.133 e.